The lowest BCUT2D eigenvalue weighted by Crippen LogP contribution is -2.37. The maximum atomic E-state index is 11.7. The van der Waals surface area contributed by atoms with Crippen LogP contribution in [0.4, 0.5) is 5.82 Å². The van der Waals surface area contributed by atoms with E-state index in [1.165, 1.54) is 0 Å². The van der Waals surface area contributed by atoms with Crippen LogP contribution in [0.2, 0.25) is 0 Å². The number of carbonyl (C=O) groups excluding carboxylic acids is 1. The third kappa shape index (κ3) is 3.06. The van der Waals surface area contributed by atoms with Crippen molar-refractivity contribution in [3.8, 4) is 0 Å². The molecule has 1 fully saturated rings. The summed E-state index contributed by atoms with van der Waals surface area (Å²) in [4.78, 5) is 22.8. The first kappa shape index (κ1) is 15.5. The molecular weight excluding hydrogens is 290 g/mol. The van der Waals surface area contributed by atoms with Gasteiger partial charge in [0, 0.05) is 43.6 Å². The second-order valence-corrected chi connectivity index (χ2v) is 6.31. The average molecular weight is 313 g/mol. The minimum atomic E-state index is -0.432. The molecule has 6 heteroatoms. The van der Waals surface area contributed by atoms with Crippen LogP contribution in [0, 0.1) is 0 Å². The Bertz CT molecular complexity index is 694. The van der Waals surface area contributed by atoms with Gasteiger partial charge in [-0.3, -0.25) is 4.79 Å². The van der Waals surface area contributed by atoms with Crippen LogP contribution in [0.1, 0.15) is 54.8 Å². The molecule has 1 unspecified atom stereocenters. The number of aromatic nitrogens is 3. The molecule has 0 spiro atoms. The Morgan fingerprint density at radius 2 is 2.17 bits per heavy atom. The maximum absolute atomic E-state index is 11.7. The molecule has 6 nitrogen and oxygen atoms in total. The second-order valence-electron chi connectivity index (χ2n) is 6.31. The fraction of sp³-hybridized carbons (Fsp3) is 0.471. The number of anilines is 1. The van der Waals surface area contributed by atoms with Gasteiger partial charge in [0.2, 0.25) is 0 Å². The molecule has 1 amide bonds. The highest BCUT2D eigenvalue weighted by molar-refractivity contribution is 5.97. The Balaban J connectivity index is 1.87. The first-order valence-corrected chi connectivity index (χ1v) is 8.10. The lowest BCUT2D eigenvalue weighted by Gasteiger charge is -2.34. The molecule has 2 aromatic heterocycles. The lowest BCUT2D eigenvalue weighted by atomic mass is 9.96. The van der Waals surface area contributed by atoms with Crippen molar-refractivity contribution in [1.82, 2.24) is 14.5 Å². The Labute approximate surface area is 136 Å². The summed E-state index contributed by atoms with van der Waals surface area (Å²) in [7, 11) is 0. The van der Waals surface area contributed by atoms with E-state index >= 15 is 0 Å². The van der Waals surface area contributed by atoms with Gasteiger partial charge in [0.25, 0.3) is 5.91 Å². The van der Waals surface area contributed by atoms with E-state index in [1.807, 2.05) is 12.4 Å². The van der Waals surface area contributed by atoms with Crippen molar-refractivity contribution in [3.05, 3.63) is 42.1 Å². The molecule has 1 aliphatic heterocycles. The van der Waals surface area contributed by atoms with Crippen LogP contribution in [0.3, 0.4) is 0 Å². The summed E-state index contributed by atoms with van der Waals surface area (Å²) in [5.41, 5.74) is 5.98. The molecule has 1 aliphatic rings. The fourth-order valence-corrected chi connectivity index (χ4v) is 3.30. The molecule has 122 valence electrons. The van der Waals surface area contributed by atoms with Crippen molar-refractivity contribution in [3.63, 3.8) is 0 Å². The van der Waals surface area contributed by atoms with Crippen LogP contribution in [0.15, 0.2) is 30.7 Å². The number of carbonyl (C=O) groups is 1. The van der Waals surface area contributed by atoms with Crippen LogP contribution in [-0.4, -0.2) is 33.5 Å². The minimum Gasteiger partial charge on any atom is -0.365 e. The molecule has 3 rings (SSSR count). The molecule has 2 aromatic rings. The first-order valence-electron chi connectivity index (χ1n) is 8.10. The summed E-state index contributed by atoms with van der Waals surface area (Å²) in [6.07, 6.45) is 7.75. The quantitative estimate of drug-likeness (QED) is 0.940. The zero-order valence-corrected chi connectivity index (χ0v) is 13.6. The number of hydrogen-bond acceptors (Lipinski definition) is 4. The second kappa shape index (κ2) is 6.40. The zero-order valence-electron chi connectivity index (χ0n) is 13.6. The molecule has 23 heavy (non-hydrogen) atoms. The summed E-state index contributed by atoms with van der Waals surface area (Å²) in [6.45, 7) is 6.02. The highest BCUT2D eigenvalue weighted by Gasteiger charge is 2.27. The number of imidazole rings is 1. The topological polar surface area (TPSA) is 77.0 Å². The summed E-state index contributed by atoms with van der Waals surface area (Å²) >= 11 is 0. The SMILES string of the molecule is CC(C)n1ccnc1C1CCCN(c2ncccc2C(N)=O)C1. The van der Waals surface area contributed by atoms with Crippen molar-refractivity contribution in [2.45, 2.75) is 38.6 Å². The van der Waals surface area contributed by atoms with Gasteiger partial charge in [-0.05, 0) is 38.8 Å². The summed E-state index contributed by atoms with van der Waals surface area (Å²) in [5.74, 6) is 1.70. The van der Waals surface area contributed by atoms with E-state index in [-0.39, 0.29) is 0 Å². The van der Waals surface area contributed by atoms with E-state index in [0.29, 0.717) is 23.3 Å². The van der Waals surface area contributed by atoms with Gasteiger partial charge in [0.1, 0.15) is 11.6 Å². The van der Waals surface area contributed by atoms with Gasteiger partial charge in [-0.2, -0.15) is 0 Å². The number of primary amides is 1. The molecular formula is C17H23N5O. The predicted molar refractivity (Wildman–Crippen MR) is 89.6 cm³/mol. The zero-order chi connectivity index (χ0) is 16.4. The number of amides is 1. The number of nitrogens with two attached hydrogens (primary N) is 1. The highest BCUT2D eigenvalue weighted by atomic mass is 16.1. The lowest BCUT2D eigenvalue weighted by molar-refractivity contribution is 0.100. The molecule has 1 saturated heterocycles. The van der Waals surface area contributed by atoms with Gasteiger partial charge < -0.3 is 15.2 Å². The van der Waals surface area contributed by atoms with Crippen LogP contribution in [0.5, 0.6) is 0 Å². The molecule has 2 N–H and O–H groups in total. The molecule has 1 atom stereocenters. The summed E-state index contributed by atoms with van der Waals surface area (Å²) < 4.78 is 2.22. The van der Waals surface area contributed by atoms with Crippen molar-refractivity contribution < 1.29 is 4.79 Å². The molecule has 0 bridgehead atoms. The standard InChI is InChI=1S/C17H23N5O/c1-12(2)22-10-8-20-16(22)13-5-4-9-21(11-13)17-14(15(18)23)6-3-7-19-17/h3,6-8,10,12-13H,4-5,9,11H2,1-2H3,(H2,18,23). The van der Waals surface area contributed by atoms with E-state index < -0.39 is 5.91 Å². The van der Waals surface area contributed by atoms with Crippen molar-refractivity contribution in [2.75, 3.05) is 18.0 Å². The minimum absolute atomic E-state index is 0.337. The van der Waals surface area contributed by atoms with Crippen LogP contribution >= 0.6 is 0 Å². The normalized spacial score (nSPS) is 18.4. The number of piperidine rings is 1. The first-order chi connectivity index (χ1) is 11.1. The monoisotopic (exact) mass is 313 g/mol. The van der Waals surface area contributed by atoms with E-state index in [1.54, 1.807) is 18.3 Å². The third-order valence-corrected chi connectivity index (χ3v) is 4.39. The van der Waals surface area contributed by atoms with E-state index in [2.05, 4.69) is 33.3 Å². The highest BCUT2D eigenvalue weighted by Crippen LogP contribution is 2.30. The summed E-state index contributed by atoms with van der Waals surface area (Å²) in [6, 6.07) is 3.87. The van der Waals surface area contributed by atoms with Gasteiger partial charge >= 0.3 is 0 Å². The Morgan fingerprint density at radius 1 is 1.35 bits per heavy atom. The molecule has 0 aromatic carbocycles. The summed E-state index contributed by atoms with van der Waals surface area (Å²) in [5, 5.41) is 0. The largest absolute Gasteiger partial charge is 0.365 e. The average Bonchev–Trinajstić information content (AvgIpc) is 3.05. The number of hydrogen-bond donors (Lipinski definition) is 1. The fourth-order valence-electron chi connectivity index (χ4n) is 3.30. The Hall–Kier alpha value is -2.37. The molecule has 0 radical (unpaired) electrons. The van der Waals surface area contributed by atoms with Gasteiger partial charge in [-0.15, -0.1) is 0 Å². The Morgan fingerprint density at radius 3 is 2.91 bits per heavy atom. The van der Waals surface area contributed by atoms with Gasteiger partial charge in [-0.25, -0.2) is 9.97 Å². The third-order valence-electron chi connectivity index (χ3n) is 4.39. The number of pyridine rings is 1. The molecule has 0 aliphatic carbocycles. The van der Waals surface area contributed by atoms with Gasteiger partial charge in [0.15, 0.2) is 0 Å². The van der Waals surface area contributed by atoms with Crippen LogP contribution < -0.4 is 10.6 Å². The van der Waals surface area contributed by atoms with E-state index in [4.69, 9.17) is 5.73 Å². The smallest absolute Gasteiger partial charge is 0.252 e. The van der Waals surface area contributed by atoms with Crippen molar-refractivity contribution in [2.24, 2.45) is 5.73 Å². The van der Waals surface area contributed by atoms with Gasteiger partial charge in [0.05, 0.1) is 5.56 Å². The number of nitrogens with zero attached hydrogens (tertiary/aromatic N) is 4. The Kier molecular flexibility index (Phi) is 4.32. The van der Waals surface area contributed by atoms with E-state index in [9.17, 15) is 4.79 Å². The number of rotatable bonds is 4. The van der Waals surface area contributed by atoms with Crippen molar-refractivity contribution >= 4 is 11.7 Å². The van der Waals surface area contributed by atoms with Crippen LogP contribution in [0.25, 0.3) is 0 Å². The van der Waals surface area contributed by atoms with Crippen LogP contribution in [-0.2, 0) is 0 Å². The van der Waals surface area contributed by atoms with E-state index in [0.717, 1.165) is 31.8 Å². The molecule has 0 saturated carbocycles. The van der Waals surface area contributed by atoms with Crippen molar-refractivity contribution in [1.29, 1.82) is 0 Å². The van der Waals surface area contributed by atoms with Gasteiger partial charge in [-0.1, -0.05) is 0 Å². The maximum Gasteiger partial charge on any atom is 0.252 e. The predicted octanol–water partition coefficient (Wildman–Crippen LogP) is 2.34. The molecule has 3 heterocycles.